The average molecular weight is 324 g/mol. The zero-order valence-corrected chi connectivity index (χ0v) is 13.0. The van der Waals surface area contributed by atoms with E-state index < -0.39 is 0 Å². The second-order valence-corrected chi connectivity index (χ2v) is 5.16. The summed E-state index contributed by atoms with van der Waals surface area (Å²) in [5.41, 5.74) is 2.12. The van der Waals surface area contributed by atoms with E-state index >= 15 is 0 Å². The molecule has 0 radical (unpaired) electrons. The number of rotatable bonds is 5. The molecule has 0 bridgehead atoms. The van der Waals surface area contributed by atoms with Crippen LogP contribution >= 0.6 is 15.9 Å². The lowest BCUT2D eigenvalue weighted by molar-refractivity contribution is 0.522. The van der Waals surface area contributed by atoms with Crippen molar-refractivity contribution in [2.24, 2.45) is 0 Å². The van der Waals surface area contributed by atoms with E-state index in [2.05, 4.69) is 50.2 Å². The molecule has 6 heteroatoms. The quantitative estimate of drug-likeness (QED) is 0.918. The summed E-state index contributed by atoms with van der Waals surface area (Å²) >= 11 is 3.56. The van der Waals surface area contributed by atoms with Gasteiger partial charge < -0.3 is 5.32 Å². The molecular formula is C13H18BrN5. The summed E-state index contributed by atoms with van der Waals surface area (Å²) in [5, 5.41) is 7.78. The molecule has 2 aromatic rings. The lowest BCUT2D eigenvalue weighted by Crippen LogP contribution is -2.27. The Hall–Kier alpha value is -1.27. The second kappa shape index (κ2) is 6.25. The SMILES string of the molecule is CCNC(c1ncc(C)cn1)c1c(Br)cnn1CC. The highest BCUT2D eigenvalue weighted by molar-refractivity contribution is 9.10. The summed E-state index contributed by atoms with van der Waals surface area (Å²) in [7, 11) is 0. The largest absolute Gasteiger partial charge is 0.303 e. The fraction of sp³-hybridized carbons (Fsp3) is 0.462. The van der Waals surface area contributed by atoms with Crippen molar-refractivity contribution in [3.8, 4) is 0 Å². The normalized spacial score (nSPS) is 12.6. The highest BCUT2D eigenvalue weighted by Crippen LogP contribution is 2.26. The van der Waals surface area contributed by atoms with Gasteiger partial charge in [-0.1, -0.05) is 6.92 Å². The predicted octanol–water partition coefficient (Wildman–Crippen LogP) is 2.46. The Morgan fingerprint density at radius 3 is 2.53 bits per heavy atom. The molecule has 0 aliphatic rings. The van der Waals surface area contributed by atoms with Gasteiger partial charge in [-0.2, -0.15) is 5.10 Å². The lowest BCUT2D eigenvalue weighted by atomic mass is 10.2. The van der Waals surface area contributed by atoms with Crippen molar-refractivity contribution in [3.05, 3.63) is 40.1 Å². The topological polar surface area (TPSA) is 55.6 Å². The van der Waals surface area contributed by atoms with Gasteiger partial charge in [0.25, 0.3) is 0 Å². The Bertz CT molecular complexity index is 534. The van der Waals surface area contributed by atoms with Crippen molar-refractivity contribution in [2.75, 3.05) is 6.54 Å². The molecule has 102 valence electrons. The van der Waals surface area contributed by atoms with Gasteiger partial charge in [-0.15, -0.1) is 0 Å². The van der Waals surface area contributed by atoms with Gasteiger partial charge in [0.1, 0.15) is 6.04 Å². The van der Waals surface area contributed by atoms with Crippen molar-refractivity contribution in [1.29, 1.82) is 0 Å². The summed E-state index contributed by atoms with van der Waals surface area (Å²) in [5.74, 6) is 0.767. The Morgan fingerprint density at radius 2 is 1.95 bits per heavy atom. The molecule has 1 atom stereocenters. The van der Waals surface area contributed by atoms with Crippen LogP contribution in [0.15, 0.2) is 23.1 Å². The van der Waals surface area contributed by atoms with Crippen LogP contribution in [0.4, 0.5) is 0 Å². The first-order valence-corrected chi connectivity index (χ1v) is 7.19. The van der Waals surface area contributed by atoms with Gasteiger partial charge in [-0.05, 0) is 41.9 Å². The molecule has 0 saturated carbocycles. The standard InChI is InChI=1S/C13H18BrN5/c1-4-15-11(13-16-6-9(3)7-17-13)12-10(14)8-18-19(12)5-2/h6-8,11,15H,4-5H2,1-3H3. The smallest absolute Gasteiger partial charge is 0.151 e. The first kappa shape index (κ1) is 14.1. The van der Waals surface area contributed by atoms with Crippen LogP contribution < -0.4 is 5.32 Å². The van der Waals surface area contributed by atoms with Gasteiger partial charge in [0, 0.05) is 18.9 Å². The lowest BCUT2D eigenvalue weighted by Gasteiger charge is -2.18. The van der Waals surface area contributed by atoms with Crippen molar-refractivity contribution >= 4 is 15.9 Å². The first-order chi connectivity index (χ1) is 9.17. The molecule has 0 aliphatic heterocycles. The van der Waals surface area contributed by atoms with Gasteiger partial charge >= 0.3 is 0 Å². The maximum Gasteiger partial charge on any atom is 0.151 e. The van der Waals surface area contributed by atoms with Crippen molar-refractivity contribution in [3.63, 3.8) is 0 Å². The van der Waals surface area contributed by atoms with Crippen LogP contribution in [0, 0.1) is 6.92 Å². The zero-order chi connectivity index (χ0) is 13.8. The van der Waals surface area contributed by atoms with E-state index in [1.54, 1.807) is 0 Å². The van der Waals surface area contributed by atoms with Crippen molar-refractivity contribution in [1.82, 2.24) is 25.1 Å². The molecule has 0 saturated heterocycles. The van der Waals surface area contributed by atoms with Crippen LogP contribution in [0.5, 0.6) is 0 Å². The van der Waals surface area contributed by atoms with Gasteiger partial charge in [-0.25, -0.2) is 9.97 Å². The van der Waals surface area contributed by atoms with Crippen LogP contribution in [0.1, 0.15) is 37.0 Å². The van der Waals surface area contributed by atoms with E-state index in [0.717, 1.165) is 34.6 Å². The number of halogens is 1. The maximum atomic E-state index is 4.43. The summed E-state index contributed by atoms with van der Waals surface area (Å²) in [4.78, 5) is 8.87. The molecule has 19 heavy (non-hydrogen) atoms. The van der Waals surface area contributed by atoms with Gasteiger partial charge in [0.15, 0.2) is 5.82 Å². The third-order valence-electron chi connectivity index (χ3n) is 2.87. The molecule has 0 aromatic carbocycles. The Labute approximate surface area is 121 Å². The zero-order valence-electron chi connectivity index (χ0n) is 11.4. The van der Waals surface area contributed by atoms with Gasteiger partial charge in [0.05, 0.1) is 16.4 Å². The van der Waals surface area contributed by atoms with E-state index in [1.165, 1.54) is 0 Å². The maximum absolute atomic E-state index is 4.43. The number of hydrogen-bond donors (Lipinski definition) is 1. The fourth-order valence-electron chi connectivity index (χ4n) is 1.98. The molecular weight excluding hydrogens is 306 g/mol. The van der Waals surface area contributed by atoms with E-state index in [1.807, 2.05) is 30.2 Å². The van der Waals surface area contributed by atoms with Crippen LogP contribution in [0.25, 0.3) is 0 Å². The first-order valence-electron chi connectivity index (χ1n) is 6.40. The minimum atomic E-state index is -0.0533. The molecule has 2 rings (SSSR count). The van der Waals surface area contributed by atoms with Crippen LogP contribution in [0.3, 0.4) is 0 Å². The minimum absolute atomic E-state index is 0.0533. The number of hydrogen-bond acceptors (Lipinski definition) is 4. The van der Waals surface area contributed by atoms with Crippen LogP contribution in [0.2, 0.25) is 0 Å². The molecule has 2 aromatic heterocycles. The summed E-state index contributed by atoms with van der Waals surface area (Å²) in [6.07, 6.45) is 5.50. The van der Waals surface area contributed by atoms with E-state index in [-0.39, 0.29) is 6.04 Å². The molecule has 1 unspecified atom stereocenters. The molecule has 0 aliphatic carbocycles. The van der Waals surface area contributed by atoms with E-state index in [0.29, 0.717) is 0 Å². The number of nitrogens with zero attached hydrogens (tertiary/aromatic N) is 4. The van der Waals surface area contributed by atoms with Crippen molar-refractivity contribution in [2.45, 2.75) is 33.4 Å². The third-order valence-corrected chi connectivity index (χ3v) is 3.48. The predicted molar refractivity (Wildman–Crippen MR) is 77.9 cm³/mol. The van der Waals surface area contributed by atoms with E-state index in [4.69, 9.17) is 0 Å². The second-order valence-electron chi connectivity index (χ2n) is 4.30. The molecule has 0 fully saturated rings. The Kier molecular flexibility index (Phi) is 4.66. The minimum Gasteiger partial charge on any atom is -0.303 e. The number of aromatic nitrogens is 4. The highest BCUT2D eigenvalue weighted by Gasteiger charge is 2.22. The average Bonchev–Trinajstić information content (AvgIpc) is 2.78. The Balaban J connectivity index is 2.44. The highest BCUT2D eigenvalue weighted by atomic mass is 79.9. The molecule has 5 nitrogen and oxygen atoms in total. The summed E-state index contributed by atoms with van der Waals surface area (Å²) < 4.78 is 2.94. The molecule has 1 N–H and O–H groups in total. The summed E-state index contributed by atoms with van der Waals surface area (Å²) in [6.45, 7) is 7.78. The summed E-state index contributed by atoms with van der Waals surface area (Å²) in [6, 6.07) is -0.0533. The van der Waals surface area contributed by atoms with Crippen molar-refractivity contribution < 1.29 is 0 Å². The van der Waals surface area contributed by atoms with Crippen LogP contribution in [-0.4, -0.2) is 26.3 Å². The number of aryl methyl sites for hydroxylation is 2. The number of nitrogens with one attached hydrogen (secondary N) is 1. The third kappa shape index (κ3) is 3.01. The van der Waals surface area contributed by atoms with E-state index in [9.17, 15) is 0 Å². The molecule has 2 heterocycles. The Morgan fingerprint density at radius 1 is 1.26 bits per heavy atom. The van der Waals surface area contributed by atoms with Crippen LogP contribution in [-0.2, 0) is 6.54 Å². The molecule has 0 amide bonds. The van der Waals surface area contributed by atoms with Gasteiger partial charge in [0.2, 0.25) is 0 Å². The molecule has 0 spiro atoms. The fourth-order valence-corrected chi connectivity index (χ4v) is 2.50. The van der Waals surface area contributed by atoms with Gasteiger partial charge in [-0.3, -0.25) is 4.68 Å². The monoisotopic (exact) mass is 323 g/mol.